The zero-order valence-corrected chi connectivity index (χ0v) is 18.5. The lowest BCUT2D eigenvalue weighted by atomic mass is 10.0. The summed E-state index contributed by atoms with van der Waals surface area (Å²) in [6.45, 7) is 4.82. The number of aliphatic hydroxyl groups excluding tert-OH is 1. The second-order valence-corrected chi connectivity index (χ2v) is 8.80. The van der Waals surface area contributed by atoms with Crippen LogP contribution in [-0.4, -0.2) is 66.6 Å². The first kappa shape index (κ1) is 23.1. The number of nitrogens with one attached hydrogen (secondary N) is 1. The third-order valence-electron chi connectivity index (χ3n) is 6.07. The minimum atomic E-state index is -0.648. The van der Waals surface area contributed by atoms with Crippen molar-refractivity contribution >= 4 is 23.4 Å². The normalized spacial score (nSPS) is 22.2. The number of likely N-dealkylation sites (tertiary alicyclic amines) is 1. The van der Waals surface area contributed by atoms with Crippen LogP contribution in [0.4, 0.5) is 5.69 Å². The number of aliphatic hydroxyl groups is 1. The standard InChI is InChI=1S/C23H33N3O5/c1-15(2)11-20(23(30)25-10-4-5-18(25)14-27)24-22(29)16-12-21(28)26(13-16)17-6-8-19(31-3)9-7-17/h6-9,15-16,18,20,27H,4-5,10-14H2,1-3H3,(H,24,29)/t16-,18+,20+/m1/s1. The van der Waals surface area contributed by atoms with Crippen molar-refractivity contribution in [2.75, 3.05) is 31.7 Å². The number of anilines is 1. The SMILES string of the molecule is COc1ccc(N2C[C@H](C(=O)N[C@@H](CC(C)C)C(=O)N3CCC[C@H]3CO)CC2=O)cc1. The van der Waals surface area contributed by atoms with E-state index in [1.54, 1.807) is 41.2 Å². The fourth-order valence-electron chi connectivity index (χ4n) is 4.39. The average Bonchev–Trinajstić information content (AvgIpc) is 3.39. The summed E-state index contributed by atoms with van der Waals surface area (Å²) in [6, 6.07) is 6.32. The highest BCUT2D eigenvalue weighted by molar-refractivity contribution is 6.01. The molecule has 0 spiro atoms. The van der Waals surface area contributed by atoms with E-state index in [1.807, 2.05) is 13.8 Å². The van der Waals surface area contributed by atoms with Crippen LogP contribution in [0, 0.1) is 11.8 Å². The molecule has 0 aromatic heterocycles. The molecular formula is C23H33N3O5. The molecule has 31 heavy (non-hydrogen) atoms. The van der Waals surface area contributed by atoms with Crippen LogP contribution in [0.5, 0.6) is 5.75 Å². The van der Waals surface area contributed by atoms with E-state index in [1.165, 1.54) is 0 Å². The molecule has 2 aliphatic rings. The van der Waals surface area contributed by atoms with Gasteiger partial charge in [-0.1, -0.05) is 13.8 Å². The van der Waals surface area contributed by atoms with Gasteiger partial charge in [0.15, 0.2) is 0 Å². The van der Waals surface area contributed by atoms with Crippen molar-refractivity contribution in [2.45, 2.75) is 51.6 Å². The summed E-state index contributed by atoms with van der Waals surface area (Å²) in [5.41, 5.74) is 0.721. The first-order valence-electron chi connectivity index (χ1n) is 11.0. The lowest BCUT2D eigenvalue weighted by Gasteiger charge is -2.29. The fraction of sp³-hybridized carbons (Fsp3) is 0.609. The first-order valence-corrected chi connectivity index (χ1v) is 11.0. The van der Waals surface area contributed by atoms with Crippen molar-refractivity contribution in [1.29, 1.82) is 0 Å². The number of methoxy groups -OCH3 is 1. The van der Waals surface area contributed by atoms with E-state index in [9.17, 15) is 19.5 Å². The Bertz CT molecular complexity index is 795. The van der Waals surface area contributed by atoms with E-state index in [0.29, 0.717) is 18.7 Å². The molecule has 3 rings (SSSR count). The van der Waals surface area contributed by atoms with Gasteiger partial charge in [0.2, 0.25) is 17.7 Å². The summed E-state index contributed by atoms with van der Waals surface area (Å²) in [4.78, 5) is 42.0. The third-order valence-corrected chi connectivity index (χ3v) is 6.07. The number of amides is 3. The molecule has 2 heterocycles. The van der Waals surface area contributed by atoms with Gasteiger partial charge >= 0.3 is 0 Å². The van der Waals surface area contributed by atoms with Gasteiger partial charge in [0, 0.05) is 25.2 Å². The van der Waals surface area contributed by atoms with Gasteiger partial charge in [-0.15, -0.1) is 0 Å². The van der Waals surface area contributed by atoms with Crippen LogP contribution < -0.4 is 15.0 Å². The summed E-state index contributed by atoms with van der Waals surface area (Å²) < 4.78 is 5.15. The van der Waals surface area contributed by atoms with Crippen molar-refractivity contribution in [3.63, 3.8) is 0 Å². The Hall–Kier alpha value is -2.61. The number of benzene rings is 1. The van der Waals surface area contributed by atoms with E-state index in [-0.39, 0.29) is 49.3 Å². The van der Waals surface area contributed by atoms with Crippen LogP contribution >= 0.6 is 0 Å². The van der Waals surface area contributed by atoms with Gasteiger partial charge in [-0.2, -0.15) is 0 Å². The van der Waals surface area contributed by atoms with E-state index in [4.69, 9.17) is 4.74 Å². The smallest absolute Gasteiger partial charge is 0.245 e. The molecule has 2 N–H and O–H groups in total. The lowest BCUT2D eigenvalue weighted by molar-refractivity contribution is -0.139. The topological polar surface area (TPSA) is 99.2 Å². The van der Waals surface area contributed by atoms with E-state index in [0.717, 1.165) is 18.5 Å². The molecule has 0 bridgehead atoms. The first-order chi connectivity index (χ1) is 14.8. The van der Waals surface area contributed by atoms with Crippen molar-refractivity contribution in [1.82, 2.24) is 10.2 Å². The van der Waals surface area contributed by atoms with Gasteiger partial charge in [-0.3, -0.25) is 14.4 Å². The van der Waals surface area contributed by atoms with Crippen LogP contribution in [0.1, 0.15) is 39.5 Å². The Morgan fingerprint density at radius 2 is 1.97 bits per heavy atom. The van der Waals surface area contributed by atoms with Crippen molar-refractivity contribution in [2.24, 2.45) is 11.8 Å². The highest BCUT2D eigenvalue weighted by atomic mass is 16.5. The maximum Gasteiger partial charge on any atom is 0.245 e. The van der Waals surface area contributed by atoms with Crippen LogP contribution in [0.15, 0.2) is 24.3 Å². The van der Waals surface area contributed by atoms with Gasteiger partial charge in [-0.25, -0.2) is 0 Å². The van der Waals surface area contributed by atoms with Crippen LogP contribution in [0.2, 0.25) is 0 Å². The monoisotopic (exact) mass is 431 g/mol. The molecule has 8 heteroatoms. The quantitative estimate of drug-likeness (QED) is 0.651. The van der Waals surface area contributed by atoms with Gasteiger partial charge < -0.3 is 25.0 Å². The van der Waals surface area contributed by atoms with Crippen LogP contribution in [0.25, 0.3) is 0 Å². The molecule has 2 aliphatic heterocycles. The van der Waals surface area contributed by atoms with Crippen molar-refractivity contribution < 1.29 is 24.2 Å². The second kappa shape index (κ2) is 10.1. The molecule has 8 nitrogen and oxygen atoms in total. The molecule has 0 saturated carbocycles. The van der Waals surface area contributed by atoms with E-state index >= 15 is 0 Å². The Morgan fingerprint density at radius 1 is 1.26 bits per heavy atom. The zero-order chi connectivity index (χ0) is 22.5. The number of hydrogen-bond donors (Lipinski definition) is 2. The minimum absolute atomic E-state index is 0.0674. The van der Waals surface area contributed by atoms with E-state index in [2.05, 4.69) is 5.32 Å². The maximum absolute atomic E-state index is 13.1. The summed E-state index contributed by atoms with van der Waals surface area (Å²) in [6.07, 6.45) is 2.26. The van der Waals surface area contributed by atoms with E-state index < -0.39 is 12.0 Å². The number of rotatable bonds is 8. The Kier molecular flexibility index (Phi) is 7.54. The molecule has 2 saturated heterocycles. The Morgan fingerprint density at radius 3 is 2.58 bits per heavy atom. The molecule has 0 aliphatic carbocycles. The summed E-state index contributed by atoms with van der Waals surface area (Å²) in [5.74, 6) is -0.132. The summed E-state index contributed by atoms with van der Waals surface area (Å²) >= 11 is 0. The van der Waals surface area contributed by atoms with Crippen molar-refractivity contribution in [3.05, 3.63) is 24.3 Å². The average molecular weight is 432 g/mol. The highest BCUT2D eigenvalue weighted by Crippen LogP contribution is 2.27. The number of hydrogen-bond acceptors (Lipinski definition) is 5. The molecule has 1 aromatic rings. The number of ether oxygens (including phenoxy) is 1. The predicted octanol–water partition coefficient (Wildman–Crippen LogP) is 1.56. The molecule has 3 atom stereocenters. The largest absolute Gasteiger partial charge is 0.497 e. The molecule has 170 valence electrons. The Labute approximate surface area is 183 Å². The predicted molar refractivity (Wildman–Crippen MR) is 117 cm³/mol. The Balaban J connectivity index is 1.67. The minimum Gasteiger partial charge on any atom is -0.497 e. The summed E-state index contributed by atoms with van der Waals surface area (Å²) in [5, 5.41) is 12.5. The second-order valence-electron chi connectivity index (χ2n) is 8.80. The molecule has 0 unspecified atom stereocenters. The number of carbonyl (C=O) groups is 3. The lowest BCUT2D eigenvalue weighted by Crippen LogP contribution is -2.52. The van der Waals surface area contributed by atoms with Crippen LogP contribution in [-0.2, 0) is 14.4 Å². The fourth-order valence-corrected chi connectivity index (χ4v) is 4.39. The molecule has 3 amide bonds. The maximum atomic E-state index is 13.1. The van der Waals surface area contributed by atoms with Gasteiger partial charge in [0.05, 0.1) is 25.7 Å². The number of nitrogens with zero attached hydrogens (tertiary/aromatic N) is 2. The van der Waals surface area contributed by atoms with Crippen molar-refractivity contribution in [3.8, 4) is 5.75 Å². The summed E-state index contributed by atoms with van der Waals surface area (Å²) in [7, 11) is 1.58. The highest BCUT2D eigenvalue weighted by Gasteiger charge is 2.38. The molecule has 0 radical (unpaired) electrons. The van der Waals surface area contributed by atoms with Gasteiger partial charge in [0.25, 0.3) is 0 Å². The van der Waals surface area contributed by atoms with Gasteiger partial charge in [0.1, 0.15) is 11.8 Å². The van der Waals surface area contributed by atoms with Crippen LogP contribution in [0.3, 0.4) is 0 Å². The molecule has 2 fully saturated rings. The van der Waals surface area contributed by atoms with Gasteiger partial charge in [-0.05, 0) is 49.4 Å². The zero-order valence-electron chi connectivity index (χ0n) is 18.5. The molecular weight excluding hydrogens is 398 g/mol. The third kappa shape index (κ3) is 5.36. The molecule has 1 aromatic carbocycles. The number of carbonyl (C=O) groups excluding carboxylic acids is 3.